The summed E-state index contributed by atoms with van der Waals surface area (Å²) in [4.78, 5) is 14.9. The lowest BCUT2D eigenvalue weighted by Gasteiger charge is -2.16. The van der Waals surface area contributed by atoms with Crippen molar-refractivity contribution in [1.82, 2.24) is 4.98 Å². The number of carbonyl (C=O) groups excluding carboxylic acids is 1. The lowest BCUT2D eigenvalue weighted by molar-refractivity contribution is -0.113. The first-order valence-electron chi connectivity index (χ1n) is 8.98. The van der Waals surface area contributed by atoms with Gasteiger partial charge in [-0.15, -0.1) is 0 Å². The minimum absolute atomic E-state index is 0.0595. The number of primary amides is 1. The van der Waals surface area contributed by atoms with Crippen LogP contribution in [0.5, 0.6) is 5.88 Å². The minimum atomic E-state index is -0.859. The molecule has 3 rings (SSSR count). The molecule has 0 radical (unpaired) electrons. The zero-order valence-corrected chi connectivity index (χ0v) is 15.1. The molecule has 0 atom stereocenters. The third-order valence-corrected chi connectivity index (χ3v) is 4.46. The Morgan fingerprint density at radius 3 is 2.64 bits per heavy atom. The highest BCUT2D eigenvalue weighted by molar-refractivity contribution is 5.86. The van der Waals surface area contributed by atoms with Crippen LogP contribution < -0.4 is 15.8 Å². The summed E-state index contributed by atoms with van der Waals surface area (Å²) in [6.07, 6.45) is 6.45. The van der Waals surface area contributed by atoms with Gasteiger partial charge in [-0.2, -0.15) is 0 Å². The molecule has 0 spiro atoms. The van der Waals surface area contributed by atoms with Crippen LogP contribution in [-0.4, -0.2) is 28.6 Å². The first-order chi connectivity index (χ1) is 13.4. The van der Waals surface area contributed by atoms with Gasteiger partial charge in [0.05, 0.1) is 6.54 Å². The third-order valence-electron chi connectivity index (χ3n) is 4.46. The average molecular weight is 389 g/mol. The van der Waals surface area contributed by atoms with E-state index in [4.69, 9.17) is 10.5 Å². The second kappa shape index (κ2) is 8.69. The van der Waals surface area contributed by atoms with Crippen molar-refractivity contribution in [3.05, 3.63) is 53.9 Å². The number of rotatable bonds is 7. The zero-order chi connectivity index (χ0) is 20.1. The number of halogens is 2. The molecule has 2 aromatic rings. The van der Waals surface area contributed by atoms with E-state index in [-0.39, 0.29) is 12.6 Å². The maximum atomic E-state index is 14.5. The van der Waals surface area contributed by atoms with Gasteiger partial charge in [0.15, 0.2) is 0 Å². The van der Waals surface area contributed by atoms with Gasteiger partial charge >= 0.3 is 0 Å². The van der Waals surface area contributed by atoms with Gasteiger partial charge in [-0.25, -0.2) is 13.8 Å². The Bertz CT molecular complexity index is 873. The van der Waals surface area contributed by atoms with Crippen molar-refractivity contribution in [1.29, 1.82) is 0 Å². The normalized spacial score (nSPS) is 14.9. The van der Waals surface area contributed by atoms with Crippen molar-refractivity contribution in [2.75, 3.05) is 11.9 Å². The van der Waals surface area contributed by atoms with Crippen molar-refractivity contribution in [3.8, 4) is 17.0 Å². The van der Waals surface area contributed by atoms with Gasteiger partial charge in [-0.3, -0.25) is 4.79 Å². The summed E-state index contributed by atoms with van der Waals surface area (Å²) in [6, 6.07) is 5.70. The van der Waals surface area contributed by atoms with Gasteiger partial charge in [0.2, 0.25) is 11.8 Å². The molecule has 1 saturated carbocycles. The highest BCUT2D eigenvalue weighted by Gasteiger charge is 2.20. The number of aliphatic hydroxyl groups is 1. The van der Waals surface area contributed by atoms with Crippen LogP contribution in [0.4, 0.5) is 14.5 Å². The highest BCUT2D eigenvalue weighted by Crippen LogP contribution is 2.34. The van der Waals surface area contributed by atoms with Gasteiger partial charge in [0.25, 0.3) is 0 Å². The van der Waals surface area contributed by atoms with Crippen LogP contribution in [0.2, 0.25) is 0 Å². The molecule has 1 amide bonds. The molecule has 1 heterocycles. The van der Waals surface area contributed by atoms with E-state index in [9.17, 15) is 18.7 Å². The molecule has 1 aliphatic rings. The van der Waals surface area contributed by atoms with Crippen molar-refractivity contribution in [2.24, 2.45) is 5.73 Å². The molecular formula is C20H21F2N3O3. The van der Waals surface area contributed by atoms with E-state index in [2.05, 4.69) is 10.3 Å². The summed E-state index contributed by atoms with van der Waals surface area (Å²) >= 11 is 0. The Balaban J connectivity index is 1.83. The molecule has 0 unspecified atom stereocenters. The molecule has 0 aliphatic heterocycles. The average Bonchev–Trinajstić information content (AvgIpc) is 3.14. The fourth-order valence-corrected chi connectivity index (χ4v) is 3.16. The number of carbonyl (C=O) groups is 1. The minimum Gasteiger partial charge on any atom is -0.510 e. The molecule has 0 saturated heterocycles. The number of pyridine rings is 1. The van der Waals surface area contributed by atoms with E-state index < -0.39 is 29.0 Å². The van der Waals surface area contributed by atoms with Gasteiger partial charge < -0.3 is 20.9 Å². The SMILES string of the molecule is NC(=O)/C=C(\O)CNc1c(F)cc(-c2cccnc2OC2CCCC2)cc1F. The van der Waals surface area contributed by atoms with Gasteiger partial charge in [0.1, 0.15) is 29.2 Å². The molecule has 1 aromatic heterocycles. The smallest absolute Gasteiger partial charge is 0.244 e. The molecule has 0 bridgehead atoms. The van der Waals surface area contributed by atoms with E-state index in [0.29, 0.717) is 17.0 Å². The predicted molar refractivity (Wildman–Crippen MR) is 101 cm³/mol. The standard InChI is InChI=1S/C20H21F2N3O3/c21-16-8-12(9-17(22)19(16)25-11-13(26)10-18(23)27)15-6-3-7-24-20(15)28-14-4-1-2-5-14/h3,6-10,14,25-26H,1-2,4-5,11H2,(H2,23,27)/b13-10-. The summed E-state index contributed by atoms with van der Waals surface area (Å²) in [6.45, 7) is -0.348. The fraction of sp³-hybridized carbons (Fsp3) is 0.300. The monoisotopic (exact) mass is 389 g/mol. The molecular weight excluding hydrogens is 368 g/mol. The topological polar surface area (TPSA) is 97.5 Å². The largest absolute Gasteiger partial charge is 0.510 e. The molecule has 148 valence electrons. The molecule has 28 heavy (non-hydrogen) atoms. The van der Waals surface area contributed by atoms with Crippen molar-refractivity contribution in [3.63, 3.8) is 0 Å². The second-order valence-corrected chi connectivity index (χ2v) is 6.59. The highest BCUT2D eigenvalue weighted by atomic mass is 19.1. The lowest BCUT2D eigenvalue weighted by atomic mass is 10.1. The van der Waals surface area contributed by atoms with E-state index >= 15 is 0 Å². The first kappa shape index (κ1) is 19.6. The van der Waals surface area contributed by atoms with Crippen LogP contribution in [0.3, 0.4) is 0 Å². The number of hydrogen-bond donors (Lipinski definition) is 3. The molecule has 1 aromatic carbocycles. The Kier molecular flexibility index (Phi) is 6.08. The first-order valence-corrected chi connectivity index (χ1v) is 8.98. The quantitative estimate of drug-likeness (QED) is 0.496. The van der Waals surface area contributed by atoms with Gasteiger partial charge in [0, 0.05) is 17.8 Å². The molecule has 8 heteroatoms. The lowest BCUT2D eigenvalue weighted by Crippen LogP contribution is -2.13. The predicted octanol–water partition coefficient (Wildman–Crippen LogP) is 3.69. The Hall–Kier alpha value is -3.16. The summed E-state index contributed by atoms with van der Waals surface area (Å²) < 4.78 is 34.9. The van der Waals surface area contributed by atoms with Crippen molar-refractivity contribution in [2.45, 2.75) is 31.8 Å². The van der Waals surface area contributed by atoms with Crippen molar-refractivity contribution < 1.29 is 23.4 Å². The second-order valence-electron chi connectivity index (χ2n) is 6.59. The molecule has 1 aliphatic carbocycles. The van der Waals surface area contributed by atoms with Crippen LogP contribution in [-0.2, 0) is 4.79 Å². The maximum Gasteiger partial charge on any atom is 0.244 e. The van der Waals surface area contributed by atoms with Crippen LogP contribution in [0.1, 0.15) is 25.7 Å². The maximum absolute atomic E-state index is 14.5. The summed E-state index contributed by atoms with van der Waals surface area (Å²) in [5.74, 6) is -2.65. The van der Waals surface area contributed by atoms with E-state index in [1.54, 1.807) is 18.3 Å². The Morgan fingerprint density at radius 2 is 2.00 bits per heavy atom. The molecule has 1 fully saturated rings. The van der Waals surface area contributed by atoms with Crippen LogP contribution in [0.25, 0.3) is 11.1 Å². The number of nitrogens with one attached hydrogen (secondary N) is 1. The summed E-state index contributed by atoms with van der Waals surface area (Å²) in [7, 11) is 0. The number of aromatic nitrogens is 1. The summed E-state index contributed by atoms with van der Waals surface area (Å²) in [5.41, 5.74) is 5.27. The van der Waals surface area contributed by atoms with Gasteiger partial charge in [-0.05, 0) is 55.5 Å². The molecule has 6 nitrogen and oxygen atoms in total. The number of nitrogens with zero attached hydrogens (tertiary/aromatic N) is 1. The number of anilines is 1. The number of ether oxygens (including phenoxy) is 1. The molecule has 4 N–H and O–H groups in total. The number of aliphatic hydroxyl groups excluding tert-OH is 1. The number of nitrogens with two attached hydrogens (primary N) is 1. The van der Waals surface area contributed by atoms with Crippen LogP contribution >= 0.6 is 0 Å². The van der Waals surface area contributed by atoms with Gasteiger partial charge in [-0.1, -0.05) is 0 Å². The van der Waals surface area contributed by atoms with E-state index in [0.717, 1.165) is 31.8 Å². The van der Waals surface area contributed by atoms with E-state index in [1.807, 2.05) is 0 Å². The van der Waals surface area contributed by atoms with Crippen LogP contribution in [0, 0.1) is 11.6 Å². The summed E-state index contributed by atoms with van der Waals surface area (Å²) in [5, 5.41) is 11.9. The number of amides is 1. The van der Waals surface area contributed by atoms with Crippen LogP contribution in [0.15, 0.2) is 42.3 Å². The third kappa shape index (κ3) is 4.76. The van der Waals surface area contributed by atoms with Crippen molar-refractivity contribution >= 4 is 11.6 Å². The Morgan fingerprint density at radius 1 is 1.32 bits per heavy atom. The Labute approximate surface area is 161 Å². The number of hydrogen-bond acceptors (Lipinski definition) is 5. The van der Waals surface area contributed by atoms with E-state index in [1.165, 1.54) is 12.1 Å². The number of benzene rings is 1. The zero-order valence-electron chi connectivity index (χ0n) is 15.1. The fourth-order valence-electron chi connectivity index (χ4n) is 3.16.